The highest BCUT2D eigenvalue weighted by Gasteiger charge is 2.73. The second kappa shape index (κ2) is 6.41. The zero-order chi connectivity index (χ0) is 21.5. The maximum atomic E-state index is 12.9. The monoisotopic (exact) mass is 416 g/mol. The molecule has 3 saturated carbocycles. The number of esters is 2. The maximum Gasteiger partial charge on any atom is 0.309 e. The Morgan fingerprint density at radius 2 is 1.90 bits per heavy atom. The predicted octanol–water partition coefficient (Wildman–Crippen LogP) is 2.96. The smallest absolute Gasteiger partial charge is 0.309 e. The molecule has 8 atom stereocenters. The van der Waals surface area contributed by atoms with Gasteiger partial charge in [-0.25, -0.2) is 0 Å². The Balaban J connectivity index is 1.61. The molecule has 5 aliphatic rings. The highest BCUT2D eigenvalue weighted by molar-refractivity contribution is 5.91. The summed E-state index contributed by atoms with van der Waals surface area (Å²) in [6.07, 6.45) is 6.16. The molecule has 6 nitrogen and oxygen atoms in total. The number of carbonyl (C=O) groups excluding carboxylic acids is 3. The van der Waals surface area contributed by atoms with Crippen LogP contribution in [0.15, 0.2) is 11.6 Å². The van der Waals surface area contributed by atoms with Crippen molar-refractivity contribution in [2.24, 2.45) is 34.5 Å². The summed E-state index contributed by atoms with van der Waals surface area (Å²) < 4.78 is 11.2. The molecule has 0 aromatic heterocycles. The minimum atomic E-state index is -0.695. The van der Waals surface area contributed by atoms with E-state index in [1.54, 1.807) is 0 Å². The molecule has 30 heavy (non-hydrogen) atoms. The first kappa shape index (κ1) is 20.2. The van der Waals surface area contributed by atoms with Crippen LogP contribution in [0, 0.1) is 34.5 Å². The fraction of sp³-hybridized carbons (Fsp3) is 0.792. The van der Waals surface area contributed by atoms with Gasteiger partial charge in [-0.05, 0) is 61.3 Å². The molecule has 4 aliphatic carbocycles. The Bertz CT molecular complexity index is 847. The Hall–Kier alpha value is -1.69. The van der Waals surface area contributed by atoms with Gasteiger partial charge in [-0.15, -0.1) is 0 Å². The lowest BCUT2D eigenvalue weighted by Gasteiger charge is -2.61. The third-order valence-corrected chi connectivity index (χ3v) is 9.72. The number of ether oxygens (including phenoxy) is 2. The number of hydrogen-bond acceptors (Lipinski definition) is 6. The summed E-state index contributed by atoms with van der Waals surface area (Å²) in [6.45, 7) is 4.32. The Morgan fingerprint density at radius 3 is 2.57 bits per heavy atom. The van der Waals surface area contributed by atoms with E-state index in [9.17, 15) is 19.5 Å². The summed E-state index contributed by atoms with van der Waals surface area (Å²) in [5, 5.41) is 11.5. The van der Waals surface area contributed by atoms with Gasteiger partial charge >= 0.3 is 11.9 Å². The van der Waals surface area contributed by atoms with E-state index in [1.807, 2.05) is 6.08 Å². The van der Waals surface area contributed by atoms with Crippen molar-refractivity contribution in [1.82, 2.24) is 0 Å². The average Bonchev–Trinajstić information content (AvgIpc) is 3.19. The summed E-state index contributed by atoms with van der Waals surface area (Å²) in [6, 6.07) is 0. The molecule has 1 heterocycles. The van der Waals surface area contributed by atoms with Crippen LogP contribution in [-0.4, -0.2) is 41.6 Å². The summed E-state index contributed by atoms with van der Waals surface area (Å²) in [5.74, 6) is -0.443. The summed E-state index contributed by atoms with van der Waals surface area (Å²) in [4.78, 5) is 37.1. The number of hydrogen-bond donors (Lipinski definition) is 1. The molecule has 6 heteroatoms. The molecule has 0 amide bonds. The average molecular weight is 417 g/mol. The van der Waals surface area contributed by atoms with E-state index in [4.69, 9.17) is 9.47 Å². The van der Waals surface area contributed by atoms with Gasteiger partial charge in [0.05, 0.1) is 19.1 Å². The number of aliphatic hydroxyl groups is 1. The van der Waals surface area contributed by atoms with Crippen molar-refractivity contribution >= 4 is 17.7 Å². The number of aliphatic hydroxyl groups excluding tert-OH is 1. The van der Waals surface area contributed by atoms with Crippen molar-refractivity contribution in [2.45, 2.75) is 76.9 Å². The summed E-state index contributed by atoms with van der Waals surface area (Å²) in [7, 11) is 1.43. The van der Waals surface area contributed by atoms with Crippen LogP contribution in [0.25, 0.3) is 0 Å². The summed E-state index contributed by atoms with van der Waals surface area (Å²) in [5.41, 5.74) is -0.211. The third-order valence-electron chi connectivity index (χ3n) is 9.72. The highest BCUT2D eigenvalue weighted by Crippen LogP contribution is 2.71. The SMILES string of the molecule is COC(=O)[C@H]1C[C@@]2(CCC(=O)O2)C2(C)C[C@H](O)C3C(CCC4=CC(=O)CCC43C)C12. The van der Waals surface area contributed by atoms with Crippen molar-refractivity contribution in [3.63, 3.8) is 0 Å². The topological polar surface area (TPSA) is 89.9 Å². The van der Waals surface area contributed by atoms with Gasteiger partial charge in [-0.2, -0.15) is 0 Å². The van der Waals surface area contributed by atoms with Gasteiger partial charge in [0.1, 0.15) is 5.60 Å². The molecule has 0 radical (unpaired) electrons. The van der Waals surface area contributed by atoms with Crippen molar-refractivity contribution in [3.8, 4) is 0 Å². The maximum absolute atomic E-state index is 12.9. The van der Waals surface area contributed by atoms with Crippen LogP contribution in [0.2, 0.25) is 0 Å². The van der Waals surface area contributed by atoms with E-state index in [-0.39, 0.29) is 46.8 Å². The molecular weight excluding hydrogens is 384 g/mol. The Morgan fingerprint density at radius 1 is 1.13 bits per heavy atom. The molecule has 0 aromatic carbocycles. The number of ketones is 1. The Labute approximate surface area is 177 Å². The minimum Gasteiger partial charge on any atom is -0.469 e. The van der Waals surface area contributed by atoms with Gasteiger partial charge in [-0.1, -0.05) is 19.4 Å². The second-order valence-corrected chi connectivity index (χ2v) is 10.8. The van der Waals surface area contributed by atoms with Crippen molar-refractivity contribution in [1.29, 1.82) is 0 Å². The largest absolute Gasteiger partial charge is 0.469 e. The van der Waals surface area contributed by atoms with Gasteiger partial charge in [0.15, 0.2) is 5.78 Å². The van der Waals surface area contributed by atoms with E-state index in [0.29, 0.717) is 32.1 Å². The standard InChI is InChI=1S/C24H32O6/c1-22-8-6-14(25)10-13(22)4-5-15-19-16(21(28)29-3)11-24(9-7-18(27)30-24)23(19,2)12-17(26)20(15)22/h10,15-17,19-20,26H,4-9,11-12H2,1-3H3/t15?,16-,17-,19?,20?,22?,23?,24-/m0/s1. The lowest BCUT2D eigenvalue weighted by molar-refractivity contribution is -0.187. The molecule has 1 saturated heterocycles. The van der Waals surface area contributed by atoms with Gasteiger partial charge < -0.3 is 14.6 Å². The van der Waals surface area contributed by atoms with Gasteiger partial charge in [0, 0.05) is 24.7 Å². The van der Waals surface area contributed by atoms with E-state index in [1.165, 1.54) is 7.11 Å². The quantitative estimate of drug-likeness (QED) is 0.661. The van der Waals surface area contributed by atoms with Gasteiger partial charge in [-0.3, -0.25) is 14.4 Å². The van der Waals surface area contributed by atoms with E-state index < -0.39 is 17.1 Å². The zero-order valence-corrected chi connectivity index (χ0v) is 18.1. The van der Waals surface area contributed by atoms with Crippen LogP contribution in [0.4, 0.5) is 0 Å². The van der Waals surface area contributed by atoms with Crippen molar-refractivity contribution < 1.29 is 29.0 Å². The van der Waals surface area contributed by atoms with Crippen LogP contribution in [0.1, 0.15) is 65.2 Å². The first-order valence-electron chi connectivity index (χ1n) is 11.4. The first-order valence-corrected chi connectivity index (χ1v) is 11.4. The fourth-order valence-corrected chi connectivity index (χ4v) is 8.47. The molecule has 1 spiro atoms. The van der Waals surface area contributed by atoms with Gasteiger partial charge in [0.2, 0.25) is 0 Å². The lowest BCUT2D eigenvalue weighted by atomic mass is 9.45. The molecular formula is C24H32O6. The number of rotatable bonds is 1. The molecule has 4 fully saturated rings. The molecule has 164 valence electrons. The van der Waals surface area contributed by atoms with Crippen LogP contribution in [0.3, 0.4) is 0 Å². The molecule has 1 N–H and O–H groups in total. The van der Waals surface area contributed by atoms with Crippen LogP contribution < -0.4 is 0 Å². The molecule has 0 aromatic rings. The number of carbonyl (C=O) groups is 3. The summed E-state index contributed by atoms with van der Waals surface area (Å²) >= 11 is 0. The Kier molecular flexibility index (Phi) is 4.32. The highest BCUT2D eigenvalue weighted by atomic mass is 16.6. The number of fused-ring (bicyclic) bond motifs is 6. The minimum absolute atomic E-state index is 0.000234. The molecule has 5 unspecified atom stereocenters. The number of methoxy groups -OCH3 is 1. The van der Waals surface area contributed by atoms with Crippen molar-refractivity contribution in [3.05, 3.63) is 11.6 Å². The van der Waals surface area contributed by atoms with E-state index in [0.717, 1.165) is 24.8 Å². The molecule has 0 bridgehead atoms. The van der Waals surface area contributed by atoms with E-state index in [2.05, 4.69) is 13.8 Å². The number of allylic oxidation sites excluding steroid dienone is 1. The van der Waals surface area contributed by atoms with Crippen LogP contribution in [-0.2, 0) is 23.9 Å². The van der Waals surface area contributed by atoms with E-state index >= 15 is 0 Å². The van der Waals surface area contributed by atoms with Crippen molar-refractivity contribution in [2.75, 3.05) is 7.11 Å². The fourth-order valence-electron chi connectivity index (χ4n) is 8.47. The second-order valence-electron chi connectivity index (χ2n) is 10.8. The van der Waals surface area contributed by atoms with Gasteiger partial charge in [0.25, 0.3) is 0 Å². The first-order chi connectivity index (χ1) is 14.1. The normalized spacial score (nSPS) is 49.7. The zero-order valence-electron chi connectivity index (χ0n) is 18.1. The molecule has 1 aliphatic heterocycles. The predicted molar refractivity (Wildman–Crippen MR) is 107 cm³/mol. The molecule has 5 rings (SSSR count). The van der Waals surface area contributed by atoms with Crippen LogP contribution >= 0.6 is 0 Å². The van der Waals surface area contributed by atoms with Crippen LogP contribution in [0.5, 0.6) is 0 Å². The third kappa shape index (κ3) is 2.43. The lowest BCUT2D eigenvalue weighted by Crippen LogP contribution is -2.60.